The van der Waals surface area contributed by atoms with Gasteiger partial charge in [0.1, 0.15) is 0 Å². The number of hydrogen-bond donors (Lipinski definition) is 0. The predicted molar refractivity (Wildman–Crippen MR) is 150 cm³/mol. The quantitative estimate of drug-likeness (QED) is 0.124. The number of benzene rings is 2. The molecule has 34 heavy (non-hydrogen) atoms. The Hall–Kier alpha value is -0.660. The van der Waals surface area contributed by atoms with Gasteiger partial charge in [-0.1, -0.05) is 37.1 Å². The summed E-state index contributed by atoms with van der Waals surface area (Å²) in [4.78, 5) is 0. The fourth-order valence-electron chi connectivity index (χ4n) is 4.68. The van der Waals surface area contributed by atoms with Gasteiger partial charge in [-0.3, -0.25) is 0 Å². The largest absolute Gasteiger partial charge is 0.165 e. The second-order valence-electron chi connectivity index (χ2n) is 9.85. The van der Waals surface area contributed by atoms with Gasteiger partial charge in [0.05, 0.1) is 0 Å². The van der Waals surface area contributed by atoms with E-state index in [1.54, 1.807) is 11.1 Å². The number of hydrogen-bond acceptors (Lipinski definition) is 0. The molecular weight excluding hydrogens is 551 g/mol. The minimum Gasteiger partial charge on any atom is -0.165 e. The molecule has 0 atom stereocenters. The maximum absolute atomic E-state index is 5.69. The summed E-state index contributed by atoms with van der Waals surface area (Å²) in [6.45, 7) is 6.54. The van der Waals surface area contributed by atoms with Crippen LogP contribution >= 0.6 is 17.0 Å². The van der Waals surface area contributed by atoms with Crippen LogP contribution in [0.4, 0.5) is 0 Å². The topological polar surface area (TPSA) is 0 Å². The van der Waals surface area contributed by atoms with Crippen LogP contribution in [-0.2, 0) is 18.0 Å². The van der Waals surface area contributed by atoms with Crippen molar-refractivity contribution in [3.8, 4) is 0 Å². The summed E-state index contributed by atoms with van der Waals surface area (Å²) in [6.07, 6.45) is 9.07. The van der Waals surface area contributed by atoms with Gasteiger partial charge in [-0.25, -0.2) is 0 Å². The molecule has 179 valence electrons. The summed E-state index contributed by atoms with van der Waals surface area (Å²) < 4.78 is 0. The molecule has 0 amide bonds. The zero-order chi connectivity index (χ0) is 24.1. The molecule has 0 aromatic heterocycles. The van der Waals surface area contributed by atoms with Gasteiger partial charge in [0.15, 0.2) is 0 Å². The van der Waals surface area contributed by atoms with E-state index in [-0.39, 0.29) is 0 Å². The van der Waals surface area contributed by atoms with Crippen LogP contribution < -0.4 is 0 Å². The van der Waals surface area contributed by atoms with Crippen LogP contribution in [0.3, 0.4) is 0 Å². The van der Waals surface area contributed by atoms with Gasteiger partial charge in [0.2, 0.25) is 0 Å². The Morgan fingerprint density at radius 1 is 0.824 bits per heavy atom. The van der Waals surface area contributed by atoms with Gasteiger partial charge >= 0.3 is 67.0 Å². The van der Waals surface area contributed by atoms with Crippen molar-refractivity contribution in [2.75, 3.05) is 0 Å². The molecule has 2 fully saturated rings. The van der Waals surface area contributed by atoms with Gasteiger partial charge in [-0.05, 0) is 37.5 Å². The molecule has 0 aliphatic heterocycles. The first kappa shape index (κ1) is 26.4. The van der Waals surface area contributed by atoms with Crippen molar-refractivity contribution < 1.29 is 18.0 Å². The maximum Gasteiger partial charge on any atom is -0.0251 e. The van der Waals surface area contributed by atoms with Gasteiger partial charge in [0, 0.05) is 0 Å². The van der Waals surface area contributed by atoms with E-state index in [4.69, 9.17) is 17.0 Å². The fraction of sp³-hybridized carbons (Fsp3) is 0.400. The number of rotatable bonds is 5. The van der Waals surface area contributed by atoms with E-state index in [9.17, 15) is 0 Å². The Morgan fingerprint density at radius 3 is 1.68 bits per heavy atom. The Labute approximate surface area is 221 Å². The Bertz CT molecular complexity index is 1170. The third-order valence-electron chi connectivity index (χ3n) is 6.68. The van der Waals surface area contributed by atoms with E-state index in [1.165, 1.54) is 77.2 Å². The van der Waals surface area contributed by atoms with E-state index in [0.29, 0.717) is 0 Å². The molecule has 4 aromatic rings. The molecule has 0 spiro atoms. The molecule has 0 N–H and O–H groups in total. The monoisotopic (exact) mass is 583 g/mol. The van der Waals surface area contributed by atoms with Gasteiger partial charge < -0.3 is 0 Å². The van der Waals surface area contributed by atoms with Crippen LogP contribution in [-0.4, -0.2) is 6.16 Å². The van der Waals surface area contributed by atoms with Gasteiger partial charge in [0.25, 0.3) is 0 Å². The number of aryl methyl sites for hydroxylation is 2. The molecule has 0 saturated heterocycles. The average molecular weight is 586 g/mol. The number of fused-ring (bicyclic) bond motifs is 2. The molecular formula is C30H35Cl2SiZr-2. The van der Waals surface area contributed by atoms with Crippen molar-refractivity contribution in [3.63, 3.8) is 0 Å². The van der Waals surface area contributed by atoms with Crippen LogP contribution in [0.1, 0.15) is 79.5 Å². The summed E-state index contributed by atoms with van der Waals surface area (Å²) in [5.41, 5.74) is 5.93. The molecule has 1 radical (unpaired) electrons. The molecule has 4 aromatic carbocycles. The third-order valence-corrected chi connectivity index (χ3v) is 16.1. The maximum atomic E-state index is 5.69. The molecule has 0 heterocycles. The zero-order valence-corrected chi connectivity index (χ0v) is 25.6. The van der Waals surface area contributed by atoms with E-state index in [1.807, 2.05) is 0 Å². The summed E-state index contributed by atoms with van der Waals surface area (Å²) in [6, 6.07) is 23.9. The molecule has 2 aliphatic carbocycles. The smallest absolute Gasteiger partial charge is 0.0251 e. The molecule has 6 rings (SSSR count). The summed E-state index contributed by atoms with van der Waals surface area (Å²) in [5, 5.41) is 5.81. The second kappa shape index (κ2) is 12.5. The fourth-order valence-corrected chi connectivity index (χ4v) is 11.4. The number of unbranched alkanes of at least 4 members (excludes halogenated alkanes) is 1. The van der Waals surface area contributed by atoms with E-state index in [0.717, 1.165) is 18.0 Å². The van der Waals surface area contributed by atoms with Crippen LogP contribution in [0.2, 0.25) is 6.04 Å². The average Bonchev–Trinajstić information content (AvgIpc) is 3.73. The second-order valence-corrected chi connectivity index (χ2v) is 26.9. The summed E-state index contributed by atoms with van der Waals surface area (Å²) in [7, 11) is 11.4. The van der Waals surface area contributed by atoms with Crippen molar-refractivity contribution in [3.05, 3.63) is 82.9 Å². The van der Waals surface area contributed by atoms with Crippen molar-refractivity contribution in [1.29, 1.82) is 0 Å². The molecule has 0 nitrogen and oxygen atoms in total. The van der Waals surface area contributed by atoms with E-state index in [2.05, 4.69) is 81.4 Å². The van der Waals surface area contributed by atoms with Crippen LogP contribution in [0.15, 0.2) is 60.7 Å². The Kier molecular flexibility index (Phi) is 9.73. The van der Waals surface area contributed by atoms with Crippen LogP contribution in [0.25, 0.3) is 21.5 Å². The third kappa shape index (κ3) is 7.42. The van der Waals surface area contributed by atoms with E-state index >= 15 is 0 Å². The predicted octanol–water partition coefficient (Wildman–Crippen LogP) is 10.2. The molecule has 0 bridgehead atoms. The summed E-state index contributed by atoms with van der Waals surface area (Å²) >= 11 is -1.69. The zero-order valence-electron chi connectivity index (χ0n) is 20.6. The molecule has 2 saturated carbocycles. The first-order valence-electron chi connectivity index (χ1n) is 12.7. The van der Waals surface area contributed by atoms with Crippen molar-refractivity contribution >= 4 is 44.7 Å². The van der Waals surface area contributed by atoms with Crippen LogP contribution in [0, 0.1) is 13.8 Å². The van der Waals surface area contributed by atoms with Crippen molar-refractivity contribution in [1.82, 2.24) is 0 Å². The van der Waals surface area contributed by atoms with Crippen LogP contribution in [0.5, 0.6) is 0 Å². The van der Waals surface area contributed by atoms with E-state index < -0.39 is 18.0 Å². The minimum atomic E-state index is -1.69. The van der Waals surface area contributed by atoms with Gasteiger partial charge in [-0.2, -0.15) is 12.1 Å². The Morgan fingerprint density at radius 2 is 1.29 bits per heavy atom. The SMILES string of the molecule is CCCC[Si]=[Zr]([Cl])[Cl].Cc1cc2c(C3CC3)cccc2[cH-]1.Cc1cc2c(C3CC3)cccc2[cH-]1. The van der Waals surface area contributed by atoms with Crippen molar-refractivity contribution in [2.45, 2.75) is 77.2 Å². The molecule has 2 aliphatic rings. The first-order valence-corrected chi connectivity index (χ1v) is 23.9. The van der Waals surface area contributed by atoms with Gasteiger partial charge in [-0.15, -0.1) is 69.1 Å². The molecule has 4 heteroatoms. The standard InChI is InChI=1S/2C13H13.C4H9Si.2ClH.Zr/c2*1-9-7-11-3-2-4-12(10-5-6-10)13(11)8-9;1-2-3-4-5;;;/h2*2-4,7-8,10H,5-6H2,1H3;2-4H2,1H3;2*1H;/q2*-1;;;;+2/p-2. The normalized spacial score (nSPS) is 14.9. The number of halogens is 2. The first-order chi connectivity index (χ1) is 16.5. The minimum absolute atomic E-state index is 0.866. The summed E-state index contributed by atoms with van der Waals surface area (Å²) in [5.74, 6) is 1.73. The Balaban J connectivity index is 0.000000126. The van der Waals surface area contributed by atoms with Crippen molar-refractivity contribution in [2.24, 2.45) is 0 Å². The molecule has 0 unspecified atom stereocenters.